The number of fused-ring (bicyclic) bond motifs is 1. The third kappa shape index (κ3) is 1.77. The Morgan fingerprint density at radius 2 is 1.76 bits per heavy atom. The Balaban J connectivity index is 2.20. The van der Waals surface area contributed by atoms with E-state index < -0.39 is 0 Å². The van der Waals surface area contributed by atoms with Gasteiger partial charge in [0.15, 0.2) is 0 Å². The first kappa shape index (κ1) is 10.3. The van der Waals surface area contributed by atoms with Gasteiger partial charge in [-0.1, -0.05) is 24.3 Å². The van der Waals surface area contributed by atoms with Crippen molar-refractivity contribution in [2.45, 2.75) is 0 Å². The normalized spacial score (nSPS) is 10.6. The number of para-hydroxylation sites is 2. The van der Waals surface area contributed by atoms with Crippen LogP contribution in [0.5, 0.6) is 0 Å². The molecule has 2 N–H and O–H groups in total. The van der Waals surface area contributed by atoms with Gasteiger partial charge in [-0.2, -0.15) is 0 Å². The first-order chi connectivity index (χ1) is 8.38. The van der Waals surface area contributed by atoms with Gasteiger partial charge in [-0.05, 0) is 24.3 Å². The smallest absolute Gasteiger partial charge is 0.126 e. The average Bonchev–Trinajstić information content (AvgIpc) is 2.82. The lowest BCUT2D eigenvalue weighted by Gasteiger charge is -2.03. The molecular formula is C13H10N2OS. The number of hydrogen-bond acceptors (Lipinski definition) is 4. The molecule has 0 aliphatic rings. The van der Waals surface area contributed by atoms with Gasteiger partial charge < -0.3 is 0 Å². The highest BCUT2D eigenvalue weighted by Gasteiger charge is 2.09. The SMILES string of the molecule is ONc1ccccc1-c1nc2ccccc2s1. The van der Waals surface area contributed by atoms with Gasteiger partial charge in [0.1, 0.15) is 5.01 Å². The van der Waals surface area contributed by atoms with E-state index in [1.54, 1.807) is 11.3 Å². The molecule has 84 valence electrons. The lowest BCUT2D eigenvalue weighted by Crippen LogP contribution is -1.91. The van der Waals surface area contributed by atoms with Crippen molar-refractivity contribution in [2.24, 2.45) is 0 Å². The van der Waals surface area contributed by atoms with E-state index in [4.69, 9.17) is 5.21 Å². The molecule has 3 rings (SSSR count). The molecule has 4 heteroatoms. The molecule has 0 radical (unpaired) electrons. The summed E-state index contributed by atoms with van der Waals surface area (Å²) in [5, 5.41) is 9.99. The first-order valence-electron chi connectivity index (χ1n) is 5.23. The summed E-state index contributed by atoms with van der Waals surface area (Å²) in [6.07, 6.45) is 0. The van der Waals surface area contributed by atoms with E-state index in [9.17, 15) is 0 Å². The molecule has 2 aromatic carbocycles. The van der Waals surface area contributed by atoms with Crippen molar-refractivity contribution < 1.29 is 5.21 Å². The number of benzene rings is 2. The molecule has 0 saturated heterocycles. The van der Waals surface area contributed by atoms with E-state index in [2.05, 4.69) is 10.5 Å². The van der Waals surface area contributed by atoms with Crippen LogP contribution in [0.3, 0.4) is 0 Å². The van der Waals surface area contributed by atoms with Crippen LogP contribution in [-0.2, 0) is 0 Å². The Bertz CT molecular complexity index is 630. The fourth-order valence-corrected chi connectivity index (χ4v) is 2.76. The summed E-state index contributed by atoms with van der Waals surface area (Å²) in [4.78, 5) is 4.56. The van der Waals surface area contributed by atoms with Crippen LogP contribution in [0.25, 0.3) is 20.8 Å². The average molecular weight is 242 g/mol. The van der Waals surface area contributed by atoms with Gasteiger partial charge >= 0.3 is 0 Å². The molecule has 3 aromatic rings. The summed E-state index contributed by atoms with van der Waals surface area (Å²) in [6.45, 7) is 0. The molecule has 0 aliphatic carbocycles. The molecule has 0 bridgehead atoms. The molecular weight excluding hydrogens is 232 g/mol. The van der Waals surface area contributed by atoms with Crippen LogP contribution in [-0.4, -0.2) is 10.2 Å². The highest BCUT2D eigenvalue weighted by atomic mass is 32.1. The minimum absolute atomic E-state index is 0.673. The van der Waals surface area contributed by atoms with E-state index in [1.807, 2.05) is 48.5 Å². The van der Waals surface area contributed by atoms with Crippen molar-refractivity contribution in [3.05, 3.63) is 48.5 Å². The highest BCUT2D eigenvalue weighted by Crippen LogP contribution is 2.33. The summed E-state index contributed by atoms with van der Waals surface area (Å²) in [5.74, 6) is 0. The van der Waals surface area contributed by atoms with Gasteiger partial charge in [-0.25, -0.2) is 4.98 Å². The van der Waals surface area contributed by atoms with Crippen LogP contribution in [0.1, 0.15) is 0 Å². The zero-order valence-corrected chi connectivity index (χ0v) is 9.74. The summed E-state index contributed by atoms with van der Waals surface area (Å²) < 4.78 is 1.15. The largest absolute Gasteiger partial charge is 0.291 e. The molecule has 17 heavy (non-hydrogen) atoms. The van der Waals surface area contributed by atoms with Gasteiger partial charge in [0.05, 0.1) is 15.9 Å². The molecule has 0 aliphatic heterocycles. The third-order valence-corrected chi connectivity index (χ3v) is 3.64. The van der Waals surface area contributed by atoms with Gasteiger partial charge in [-0.15, -0.1) is 11.3 Å². The Kier molecular flexibility index (Phi) is 2.51. The highest BCUT2D eigenvalue weighted by molar-refractivity contribution is 7.21. The molecule has 1 heterocycles. The molecule has 3 nitrogen and oxygen atoms in total. The molecule has 0 unspecified atom stereocenters. The van der Waals surface area contributed by atoms with Crippen LogP contribution >= 0.6 is 11.3 Å². The van der Waals surface area contributed by atoms with Crippen molar-refractivity contribution in [2.75, 3.05) is 5.48 Å². The topological polar surface area (TPSA) is 45.1 Å². The van der Waals surface area contributed by atoms with E-state index in [1.165, 1.54) is 0 Å². The molecule has 0 amide bonds. The van der Waals surface area contributed by atoms with Crippen molar-refractivity contribution in [3.63, 3.8) is 0 Å². The van der Waals surface area contributed by atoms with Crippen LogP contribution in [0, 0.1) is 0 Å². The van der Waals surface area contributed by atoms with Crippen molar-refractivity contribution in [3.8, 4) is 10.6 Å². The predicted molar refractivity (Wildman–Crippen MR) is 70.5 cm³/mol. The summed E-state index contributed by atoms with van der Waals surface area (Å²) in [5.41, 5.74) is 4.78. The number of anilines is 1. The Morgan fingerprint density at radius 1 is 1.00 bits per heavy atom. The summed E-state index contributed by atoms with van der Waals surface area (Å²) >= 11 is 1.62. The second kappa shape index (κ2) is 4.16. The van der Waals surface area contributed by atoms with Gasteiger partial charge in [-0.3, -0.25) is 10.7 Å². The minimum atomic E-state index is 0.673. The summed E-state index contributed by atoms with van der Waals surface area (Å²) in [6, 6.07) is 15.6. The van der Waals surface area contributed by atoms with Gasteiger partial charge in [0, 0.05) is 5.56 Å². The zero-order chi connectivity index (χ0) is 11.7. The fraction of sp³-hybridized carbons (Fsp3) is 0. The Hall–Kier alpha value is -1.91. The minimum Gasteiger partial charge on any atom is -0.291 e. The molecule has 0 fully saturated rings. The first-order valence-corrected chi connectivity index (χ1v) is 6.05. The Labute approximate surface area is 102 Å². The maximum Gasteiger partial charge on any atom is 0.126 e. The molecule has 0 saturated carbocycles. The quantitative estimate of drug-likeness (QED) is 0.672. The lowest BCUT2D eigenvalue weighted by molar-refractivity contribution is 0.389. The van der Waals surface area contributed by atoms with Crippen LogP contribution in [0.15, 0.2) is 48.5 Å². The summed E-state index contributed by atoms with van der Waals surface area (Å²) in [7, 11) is 0. The number of aromatic nitrogens is 1. The fourth-order valence-electron chi connectivity index (χ4n) is 1.75. The van der Waals surface area contributed by atoms with Gasteiger partial charge in [0.25, 0.3) is 0 Å². The number of thiazole rings is 1. The lowest BCUT2D eigenvalue weighted by atomic mass is 10.2. The Morgan fingerprint density at radius 3 is 2.59 bits per heavy atom. The molecule has 1 aromatic heterocycles. The number of hydrogen-bond donors (Lipinski definition) is 2. The van der Waals surface area contributed by atoms with E-state index in [-0.39, 0.29) is 0 Å². The number of nitrogens with zero attached hydrogens (tertiary/aromatic N) is 1. The monoisotopic (exact) mass is 242 g/mol. The van der Waals surface area contributed by atoms with Crippen LogP contribution in [0.2, 0.25) is 0 Å². The van der Waals surface area contributed by atoms with E-state index in [0.717, 1.165) is 20.8 Å². The van der Waals surface area contributed by atoms with Crippen molar-refractivity contribution >= 4 is 27.2 Å². The second-order valence-corrected chi connectivity index (χ2v) is 4.67. The predicted octanol–water partition coefficient (Wildman–Crippen LogP) is 3.76. The van der Waals surface area contributed by atoms with Crippen molar-refractivity contribution in [1.29, 1.82) is 0 Å². The molecule has 0 atom stereocenters. The van der Waals surface area contributed by atoms with Crippen molar-refractivity contribution in [1.82, 2.24) is 4.98 Å². The maximum atomic E-state index is 9.08. The molecule has 0 spiro atoms. The van der Waals surface area contributed by atoms with E-state index in [0.29, 0.717) is 5.69 Å². The van der Waals surface area contributed by atoms with Crippen LogP contribution in [0.4, 0.5) is 5.69 Å². The number of rotatable bonds is 2. The zero-order valence-electron chi connectivity index (χ0n) is 8.92. The van der Waals surface area contributed by atoms with E-state index >= 15 is 0 Å². The maximum absolute atomic E-state index is 9.08. The second-order valence-electron chi connectivity index (χ2n) is 3.64. The number of nitrogens with one attached hydrogen (secondary N) is 1. The van der Waals surface area contributed by atoms with Crippen LogP contribution < -0.4 is 5.48 Å². The van der Waals surface area contributed by atoms with Gasteiger partial charge in [0.2, 0.25) is 0 Å². The third-order valence-electron chi connectivity index (χ3n) is 2.57. The standard InChI is InChI=1S/C13H10N2OS/c16-15-10-6-2-1-5-9(10)13-14-11-7-3-4-8-12(11)17-13/h1-8,15-16H.